The predicted octanol–water partition coefficient (Wildman–Crippen LogP) is 0.266. The van der Waals surface area contributed by atoms with Crippen molar-refractivity contribution in [1.82, 2.24) is 9.62 Å². The van der Waals surface area contributed by atoms with Crippen molar-refractivity contribution in [3.63, 3.8) is 0 Å². The van der Waals surface area contributed by atoms with Crippen molar-refractivity contribution in [3.05, 3.63) is 0 Å². The summed E-state index contributed by atoms with van der Waals surface area (Å²) in [5.41, 5.74) is 0. The molecular weight excluding hydrogens is 188 g/mol. The molecular formula is C8H20N2O2S. The number of hydrogen-bond donors (Lipinski definition) is 1. The van der Waals surface area contributed by atoms with E-state index in [1.165, 1.54) is 10.6 Å². The predicted molar refractivity (Wildman–Crippen MR) is 55.2 cm³/mol. The zero-order valence-corrected chi connectivity index (χ0v) is 9.69. The second kappa shape index (κ2) is 5.57. The van der Waals surface area contributed by atoms with E-state index in [0.717, 1.165) is 6.42 Å². The Morgan fingerprint density at radius 2 is 2.00 bits per heavy atom. The van der Waals surface area contributed by atoms with Crippen molar-refractivity contribution in [2.24, 2.45) is 0 Å². The second-order valence-corrected chi connectivity index (χ2v) is 5.22. The van der Waals surface area contributed by atoms with Crippen LogP contribution in [-0.2, 0) is 10.0 Å². The van der Waals surface area contributed by atoms with Gasteiger partial charge < -0.3 is 5.32 Å². The number of nitrogens with one attached hydrogen (secondary N) is 1. The highest BCUT2D eigenvalue weighted by atomic mass is 32.2. The summed E-state index contributed by atoms with van der Waals surface area (Å²) in [6, 6.07) is 0.357. The van der Waals surface area contributed by atoms with E-state index in [1.807, 2.05) is 20.9 Å². The quantitative estimate of drug-likeness (QED) is 0.681. The van der Waals surface area contributed by atoms with Gasteiger partial charge in [-0.1, -0.05) is 6.92 Å². The van der Waals surface area contributed by atoms with Gasteiger partial charge in [-0.15, -0.1) is 0 Å². The Morgan fingerprint density at radius 3 is 2.31 bits per heavy atom. The second-order valence-electron chi connectivity index (χ2n) is 3.23. The largest absolute Gasteiger partial charge is 0.317 e. The van der Waals surface area contributed by atoms with Gasteiger partial charge in [-0.05, 0) is 20.4 Å². The Bertz CT molecular complexity index is 226. The first-order valence-electron chi connectivity index (χ1n) is 4.54. The van der Waals surface area contributed by atoms with Gasteiger partial charge in [0, 0.05) is 19.1 Å². The zero-order valence-electron chi connectivity index (χ0n) is 8.87. The van der Waals surface area contributed by atoms with Crippen LogP contribution in [0.5, 0.6) is 0 Å². The van der Waals surface area contributed by atoms with Crippen LogP contribution in [0.1, 0.15) is 20.3 Å². The number of nitrogens with zero attached hydrogens (tertiary/aromatic N) is 1. The topological polar surface area (TPSA) is 49.4 Å². The van der Waals surface area contributed by atoms with Gasteiger partial charge in [-0.2, -0.15) is 0 Å². The van der Waals surface area contributed by atoms with E-state index in [1.54, 1.807) is 0 Å². The van der Waals surface area contributed by atoms with Gasteiger partial charge in [0.2, 0.25) is 10.0 Å². The minimum absolute atomic E-state index is 0.357. The minimum Gasteiger partial charge on any atom is -0.317 e. The molecule has 0 aliphatic carbocycles. The van der Waals surface area contributed by atoms with Gasteiger partial charge >= 0.3 is 0 Å². The molecule has 1 unspecified atom stereocenters. The average molecular weight is 208 g/mol. The first-order valence-corrected chi connectivity index (χ1v) is 6.39. The lowest BCUT2D eigenvalue weighted by molar-refractivity contribution is 0.399. The lowest BCUT2D eigenvalue weighted by atomic mass is 10.2. The molecule has 0 fully saturated rings. The van der Waals surface area contributed by atoms with E-state index in [2.05, 4.69) is 5.32 Å². The third-order valence-corrected chi connectivity index (χ3v) is 3.50. The minimum atomic E-state index is -3.01. The average Bonchev–Trinajstić information content (AvgIpc) is 2.02. The first kappa shape index (κ1) is 12.9. The Balaban J connectivity index is 4.01. The van der Waals surface area contributed by atoms with E-state index < -0.39 is 10.0 Å². The molecule has 4 nitrogen and oxygen atoms in total. The fourth-order valence-electron chi connectivity index (χ4n) is 1.04. The van der Waals surface area contributed by atoms with Crippen LogP contribution < -0.4 is 5.32 Å². The van der Waals surface area contributed by atoms with Crippen LogP contribution in [0.4, 0.5) is 0 Å². The van der Waals surface area contributed by atoms with Crippen LogP contribution in [0.15, 0.2) is 0 Å². The fourth-order valence-corrected chi connectivity index (χ4v) is 1.95. The molecule has 5 heteroatoms. The van der Waals surface area contributed by atoms with Crippen molar-refractivity contribution < 1.29 is 8.42 Å². The lowest BCUT2D eigenvalue weighted by Crippen LogP contribution is -2.34. The SMILES string of the molecule is CCN(CCC(C)NC)S(C)(=O)=O. The molecule has 1 atom stereocenters. The molecule has 0 bridgehead atoms. The van der Waals surface area contributed by atoms with Gasteiger partial charge in [0.05, 0.1) is 6.26 Å². The van der Waals surface area contributed by atoms with Gasteiger partial charge in [-0.25, -0.2) is 12.7 Å². The van der Waals surface area contributed by atoms with E-state index in [0.29, 0.717) is 19.1 Å². The van der Waals surface area contributed by atoms with Gasteiger partial charge in [-0.3, -0.25) is 0 Å². The fraction of sp³-hybridized carbons (Fsp3) is 1.00. The summed E-state index contributed by atoms with van der Waals surface area (Å²) >= 11 is 0. The molecule has 1 N–H and O–H groups in total. The van der Waals surface area contributed by atoms with E-state index in [-0.39, 0.29) is 0 Å². The first-order chi connectivity index (χ1) is 5.91. The van der Waals surface area contributed by atoms with Crippen LogP contribution in [-0.4, -0.2) is 45.2 Å². The Kier molecular flexibility index (Phi) is 5.51. The molecule has 0 radical (unpaired) electrons. The number of hydrogen-bond acceptors (Lipinski definition) is 3. The van der Waals surface area contributed by atoms with Gasteiger partial charge in [0.25, 0.3) is 0 Å². The summed E-state index contributed by atoms with van der Waals surface area (Å²) in [5.74, 6) is 0. The third kappa shape index (κ3) is 5.23. The van der Waals surface area contributed by atoms with Crippen LogP contribution in [0.3, 0.4) is 0 Å². The highest BCUT2D eigenvalue weighted by Gasteiger charge is 2.14. The molecule has 0 aliphatic rings. The maximum Gasteiger partial charge on any atom is 0.211 e. The molecule has 0 heterocycles. The van der Waals surface area contributed by atoms with E-state index >= 15 is 0 Å². The monoisotopic (exact) mass is 208 g/mol. The van der Waals surface area contributed by atoms with Crippen LogP contribution >= 0.6 is 0 Å². The molecule has 13 heavy (non-hydrogen) atoms. The third-order valence-electron chi connectivity index (χ3n) is 2.13. The number of sulfonamides is 1. The van der Waals surface area contributed by atoms with Crippen LogP contribution in [0.25, 0.3) is 0 Å². The molecule has 0 aromatic heterocycles. The molecule has 0 saturated heterocycles. The van der Waals surface area contributed by atoms with Gasteiger partial charge in [0.15, 0.2) is 0 Å². The van der Waals surface area contributed by atoms with Crippen LogP contribution in [0.2, 0.25) is 0 Å². The van der Waals surface area contributed by atoms with Crippen molar-refractivity contribution in [1.29, 1.82) is 0 Å². The normalized spacial score (nSPS) is 14.8. The Morgan fingerprint density at radius 1 is 1.46 bits per heavy atom. The molecule has 0 aliphatic heterocycles. The Hall–Kier alpha value is -0.130. The van der Waals surface area contributed by atoms with E-state index in [9.17, 15) is 8.42 Å². The summed E-state index contributed by atoms with van der Waals surface area (Å²) in [5, 5.41) is 3.07. The standard InChI is InChI=1S/C8H20N2O2S/c1-5-10(13(4,11)12)7-6-8(2)9-3/h8-9H,5-7H2,1-4H3. The maximum atomic E-state index is 11.2. The summed E-state index contributed by atoms with van der Waals surface area (Å²) in [7, 11) is -1.14. The molecule has 0 aromatic carbocycles. The van der Waals surface area contributed by atoms with Crippen molar-refractivity contribution in [2.75, 3.05) is 26.4 Å². The summed E-state index contributed by atoms with van der Waals surface area (Å²) in [6.07, 6.45) is 2.10. The highest BCUT2D eigenvalue weighted by molar-refractivity contribution is 7.88. The molecule has 0 spiro atoms. The molecule has 0 amide bonds. The van der Waals surface area contributed by atoms with Gasteiger partial charge in [0.1, 0.15) is 0 Å². The van der Waals surface area contributed by atoms with E-state index in [4.69, 9.17) is 0 Å². The summed E-state index contributed by atoms with van der Waals surface area (Å²) in [6.45, 7) is 5.04. The molecule has 0 aromatic rings. The van der Waals surface area contributed by atoms with Crippen molar-refractivity contribution in [2.45, 2.75) is 26.3 Å². The maximum absolute atomic E-state index is 11.2. The molecule has 0 rings (SSSR count). The molecule has 0 saturated carbocycles. The highest BCUT2D eigenvalue weighted by Crippen LogP contribution is 2.00. The zero-order chi connectivity index (χ0) is 10.5. The Labute approximate surface area is 81.4 Å². The van der Waals surface area contributed by atoms with Crippen LogP contribution in [0, 0.1) is 0 Å². The summed E-state index contributed by atoms with van der Waals surface area (Å²) < 4.78 is 23.8. The van der Waals surface area contributed by atoms with Crippen molar-refractivity contribution >= 4 is 10.0 Å². The smallest absolute Gasteiger partial charge is 0.211 e. The lowest BCUT2D eigenvalue weighted by Gasteiger charge is -2.19. The van der Waals surface area contributed by atoms with Crippen molar-refractivity contribution in [3.8, 4) is 0 Å². The molecule has 80 valence electrons. The number of rotatable bonds is 6. The summed E-state index contributed by atoms with van der Waals surface area (Å²) in [4.78, 5) is 0.